The van der Waals surface area contributed by atoms with Gasteiger partial charge in [0.25, 0.3) is 0 Å². The Morgan fingerprint density at radius 3 is 2.60 bits per heavy atom. The van der Waals surface area contributed by atoms with Crippen molar-refractivity contribution < 1.29 is 4.39 Å². The largest absolute Gasteiger partial charge is 0.318 e. The zero-order valence-electron chi connectivity index (χ0n) is 10.5. The van der Waals surface area contributed by atoms with E-state index < -0.39 is 6.04 Å². The number of nitrogens with two attached hydrogens (primary N) is 1. The molecule has 1 aromatic carbocycles. The van der Waals surface area contributed by atoms with Crippen molar-refractivity contribution >= 4 is 0 Å². The third kappa shape index (κ3) is 2.41. The Balaban J connectivity index is 1.88. The van der Waals surface area contributed by atoms with Crippen LogP contribution in [0, 0.1) is 5.82 Å². The lowest BCUT2D eigenvalue weighted by Gasteiger charge is -2.07. The van der Waals surface area contributed by atoms with Gasteiger partial charge in [-0.25, -0.2) is 9.37 Å². The molecular weight excluding hydrogens is 257 g/mol. The highest BCUT2D eigenvalue weighted by molar-refractivity contribution is 5.47. The van der Waals surface area contributed by atoms with Crippen LogP contribution in [0.2, 0.25) is 0 Å². The number of hydrogen-bond donors (Lipinski definition) is 2. The quantitative estimate of drug-likeness (QED) is 0.762. The summed E-state index contributed by atoms with van der Waals surface area (Å²) in [5, 5.41) is 6.90. The van der Waals surface area contributed by atoms with Crippen molar-refractivity contribution in [1.29, 1.82) is 0 Å². The molecular formula is C14H12FN5. The molecule has 6 heteroatoms. The molecule has 0 saturated heterocycles. The lowest BCUT2D eigenvalue weighted by Crippen LogP contribution is -2.13. The fourth-order valence-corrected chi connectivity index (χ4v) is 1.85. The van der Waals surface area contributed by atoms with E-state index in [1.807, 2.05) is 18.2 Å². The zero-order chi connectivity index (χ0) is 13.9. The molecule has 20 heavy (non-hydrogen) atoms. The maximum atomic E-state index is 12.9. The molecule has 0 amide bonds. The summed E-state index contributed by atoms with van der Waals surface area (Å²) >= 11 is 0. The number of halogens is 1. The van der Waals surface area contributed by atoms with E-state index in [4.69, 9.17) is 5.73 Å². The van der Waals surface area contributed by atoms with Crippen LogP contribution >= 0.6 is 0 Å². The molecule has 2 heterocycles. The Morgan fingerprint density at radius 1 is 1.10 bits per heavy atom. The van der Waals surface area contributed by atoms with E-state index in [1.165, 1.54) is 12.1 Å². The van der Waals surface area contributed by atoms with E-state index in [0.717, 1.165) is 5.56 Å². The second kappa shape index (κ2) is 5.18. The monoisotopic (exact) mass is 269 g/mol. The molecule has 1 atom stereocenters. The summed E-state index contributed by atoms with van der Waals surface area (Å²) in [6, 6.07) is 11.0. The number of pyridine rings is 1. The SMILES string of the molecule is N[C@H](c1ccc(F)cc1)c1nc(-c2ccccn2)n[nH]1. The van der Waals surface area contributed by atoms with Gasteiger partial charge in [-0.05, 0) is 29.8 Å². The second-order valence-corrected chi connectivity index (χ2v) is 4.29. The van der Waals surface area contributed by atoms with Crippen LogP contribution in [-0.2, 0) is 0 Å². The molecule has 3 rings (SSSR count). The molecule has 0 aliphatic rings. The van der Waals surface area contributed by atoms with Gasteiger partial charge in [-0.2, -0.15) is 5.10 Å². The first-order valence-corrected chi connectivity index (χ1v) is 6.09. The molecule has 0 saturated carbocycles. The third-order valence-corrected chi connectivity index (χ3v) is 2.92. The second-order valence-electron chi connectivity index (χ2n) is 4.29. The molecule has 100 valence electrons. The number of benzene rings is 1. The lowest BCUT2D eigenvalue weighted by atomic mass is 10.1. The van der Waals surface area contributed by atoms with E-state index in [2.05, 4.69) is 20.2 Å². The fraction of sp³-hybridized carbons (Fsp3) is 0.0714. The Bertz CT molecular complexity index is 693. The van der Waals surface area contributed by atoms with Gasteiger partial charge in [0, 0.05) is 6.20 Å². The van der Waals surface area contributed by atoms with Gasteiger partial charge in [-0.15, -0.1) is 0 Å². The van der Waals surface area contributed by atoms with Gasteiger partial charge in [-0.3, -0.25) is 10.1 Å². The van der Waals surface area contributed by atoms with Crippen molar-refractivity contribution in [3.05, 3.63) is 65.9 Å². The highest BCUT2D eigenvalue weighted by atomic mass is 19.1. The number of aromatic amines is 1. The number of hydrogen-bond acceptors (Lipinski definition) is 4. The Morgan fingerprint density at radius 2 is 1.90 bits per heavy atom. The number of nitrogens with zero attached hydrogens (tertiary/aromatic N) is 3. The summed E-state index contributed by atoms with van der Waals surface area (Å²) in [5.74, 6) is 0.697. The first-order chi connectivity index (χ1) is 9.74. The van der Waals surface area contributed by atoms with Gasteiger partial charge >= 0.3 is 0 Å². The lowest BCUT2D eigenvalue weighted by molar-refractivity contribution is 0.626. The van der Waals surface area contributed by atoms with Crippen LogP contribution in [0.3, 0.4) is 0 Å². The van der Waals surface area contributed by atoms with Crippen LogP contribution in [0.25, 0.3) is 11.5 Å². The summed E-state index contributed by atoms with van der Waals surface area (Å²) < 4.78 is 12.9. The van der Waals surface area contributed by atoms with E-state index in [-0.39, 0.29) is 5.82 Å². The molecule has 0 fully saturated rings. The van der Waals surface area contributed by atoms with Gasteiger partial charge < -0.3 is 5.73 Å². The minimum Gasteiger partial charge on any atom is -0.318 e. The molecule has 0 radical (unpaired) electrons. The van der Waals surface area contributed by atoms with Gasteiger partial charge in [0.15, 0.2) is 5.82 Å². The molecule has 3 N–H and O–H groups in total. The van der Waals surface area contributed by atoms with Crippen molar-refractivity contribution in [2.24, 2.45) is 5.73 Å². The average molecular weight is 269 g/mol. The highest BCUT2D eigenvalue weighted by Crippen LogP contribution is 2.19. The molecule has 0 unspecified atom stereocenters. The summed E-state index contributed by atoms with van der Waals surface area (Å²) in [4.78, 5) is 8.50. The Labute approximate surface area is 114 Å². The number of rotatable bonds is 3. The smallest absolute Gasteiger partial charge is 0.199 e. The predicted octanol–water partition coefficient (Wildman–Crippen LogP) is 2.05. The summed E-state index contributed by atoms with van der Waals surface area (Å²) in [6.45, 7) is 0. The first-order valence-electron chi connectivity index (χ1n) is 6.09. The molecule has 0 aliphatic carbocycles. The normalized spacial score (nSPS) is 12.3. The van der Waals surface area contributed by atoms with Crippen LogP contribution in [-0.4, -0.2) is 20.2 Å². The van der Waals surface area contributed by atoms with E-state index in [9.17, 15) is 4.39 Å². The van der Waals surface area contributed by atoms with Crippen LogP contribution < -0.4 is 5.73 Å². The van der Waals surface area contributed by atoms with Crippen LogP contribution in [0.1, 0.15) is 17.4 Å². The van der Waals surface area contributed by atoms with Crippen molar-refractivity contribution in [3.63, 3.8) is 0 Å². The van der Waals surface area contributed by atoms with Crippen molar-refractivity contribution in [2.45, 2.75) is 6.04 Å². The van der Waals surface area contributed by atoms with Gasteiger partial charge in [0.1, 0.15) is 17.3 Å². The molecule has 0 bridgehead atoms. The number of H-pyrrole nitrogens is 1. The first kappa shape index (κ1) is 12.4. The van der Waals surface area contributed by atoms with Crippen molar-refractivity contribution in [2.75, 3.05) is 0 Å². The van der Waals surface area contributed by atoms with Crippen LogP contribution in [0.5, 0.6) is 0 Å². The minimum atomic E-state index is -0.486. The zero-order valence-corrected chi connectivity index (χ0v) is 10.5. The maximum absolute atomic E-state index is 12.9. The Hall–Kier alpha value is -2.60. The van der Waals surface area contributed by atoms with E-state index >= 15 is 0 Å². The molecule has 2 aromatic heterocycles. The topological polar surface area (TPSA) is 80.5 Å². The fourth-order valence-electron chi connectivity index (χ4n) is 1.85. The number of nitrogens with one attached hydrogen (secondary N) is 1. The molecule has 5 nitrogen and oxygen atoms in total. The number of aromatic nitrogens is 4. The highest BCUT2D eigenvalue weighted by Gasteiger charge is 2.15. The van der Waals surface area contributed by atoms with Gasteiger partial charge in [0.05, 0.1) is 6.04 Å². The standard InChI is InChI=1S/C14H12FN5/c15-10-6-4-9(5-7-10)12(16)14-18-13(19-20-14)11-3-1-2-8-17-11/h1-8,12H,16H2,(H,18,19,20)/t12-/m1/s1. The third-order valence-electron chi connectivity index (χ3n) is 2.92. The van der Waals surface area contributed by atoms with Gasteiger partial charge in [0.2, 0.25) is 0 Å². The molecule has 0 spiro atoms. The molecule has 0 aliphatic heterocycles. The minimum absolute atomic E-state index is 0.298. The summed E-state index contributed by atoms with van der Waals surface area (Å²) in [6.07, 6.45) is 1.67. The van der Waals surface area contributed by atoms with Crippen molar-refractivity contribution in [1.82, 2.24) is 20.2 Å². The summed E-state index contributed by atoms with van der Waals surface area (Å²) in [7, 11) is 0. The maximum Gasteiger partial charge on any atom is 0.199 e. The van der Waals surface area contributed by atoms with Crippen LogP contribution in [0.15, 0.2) is 48.7 Å². The predicted molar refractivity (Wildman–Crippen MR) is 72.0 cm³/mol. The van der Waals surface area contributed by atoms with E-state index in [1.54, 1.807) is 18.3 Å². The Kier molecular flexibility index (Phi) is 3.22. The van der Waals surface area contributed by atoms with Crippen molar-refractivity contribution in [3.8, 4) is 11.5 Å². The van der Waals surface area contributed by atoms with Gasteiger partial charge in [-0.1, -0.05) is 18.2 Å². The van der Waals surface area contributed by atoms with E-state index in [0.29, 0.717) is 17.3 Å². The van der Waals surface area contributed by atoms with Crippen LogP contribution in [0.4, 0.5) is 4.39 Å². The average Bonchev–Trinajstić information content (AvgIpc) is 2.98. The molecule has 3 aromatic rings. The summed E-state index contributed by atoms with van der Waals surface area (Å²) in [5.41, 5.74) is 7.51.